The van der Waals surface area contributed by atoms with Crippen LogP contribution in [0.1, 0.15) is 52.5 Å². The first-order valence-electron chi connectivity index (χ1n) is 8.66. The topological polar surface area (TPSA) is 93.7 Å². The molecule has 7 nitrogen and oxygen atoms in total. The molecule has 0 aromatic heterocycles. The van der Waals surface area contributed by atoms with E-state index in [2.05, 4.69) is 10.6 Å². The Kier molecular flexibility index (Phi) is 8.09. The van der Waals surface area contributed by atoms with Gasteiger partial charge < -0.3 is 9.47 Å². The SMILES string of the molecule is CCCCC(C=O)(NC(=O)OCc1ccccc1)NC(=O)OC(C)(C)C. The number of aldehydes is 1. The molecule has 2 N–H and O–H groups in total. The van der Waals surface area contributed by atoms with Gasteiger partial charge in [0.05, 0.1) is 0 Å². The first-order chi connectivity index (χ1) is 12.2. The highest BCUT2D eigenvalue weighted by atomic mass is 16.6. The fraction of sp³-hybridized carbons (Fsp3) is 0.526. The molecule has 26 heavy (non-hydrogen) atoms. The van der Waals surface area contributed by atoms with Gasteiger partial charge in [-0.3, -0.25) is 15.4 Å². The van der Waals surface area contributed by atoms with Crippen molar-refractivity contribution in [2.75, 3.05) is 0 Å². The Bertz CT molecular complexity index is 598. The quantitative estimate of drug-likeness (QED) is 0.544. The standard InChI is InChI=1S/C19H28N2O5/c1-5-6-12-19(14-22,21-17(24)26-18(2,3)4)20-16(23)25-13-15-10-8-7-9-11-15/h7-11,14H,5-6,12-13H2,1-4H3,(H,20,23)(H,21,24). The Balaban J connectivity index is 2.75. The van der Waals surface area contributed by atoms with Gasteiger partial charge in [-0.05, 0) is 39.2 Å². The molecular formula is C19H28N2O5. The van der Waals surface area contributed by atoms with Crippen LogP contribution in [0.3, 0.4) is 0 Å². The van der Waals surface area contributed by atoms with Gasteiger partial charge >= 0.3 is 12.2 Å². The summed E-state index contributed by atoms with van der Waals surface area (Å²) in [5.41, 5.74) is -1.49. The van der Waals surface area contributed by atoms with Gasteiger partial charge in [-0.1, -0.05) is 43.7 Å². The molecule has 1 rings (SSSR count). The van der Waals surface area contributed by atoms with Crippen LogP contribution in [0, 0.1) is 0 Å². The molecule has 2 amide bonds. The van der Waals surface area contributed by atoms with E-state index in [-0.39, 0.29) is 13.0 Å². The molecule has 0 aliphatic rings. The monoisotopic (exact) mass is 364 g/mol. The molecule has 0 aliphatic carbocycles. The molecule has 0 saturated heterocycles. The van der Waals surface area contributed by atoms with Crippen LogP contribution in [0.2, 0.25) is 0 Å². The lowest BCUT2D eigenvalue weighted by Gasteiger charge is -2.31. The van der Waals surface area contributed by atoms with Crippen molar-refractivity contribution in [3.05, 3.63) is 35.9 Å². The predicted octanol–water partition coefficient (Wildman–Crippen LogP) is 3.52. The van der Waals surface area contributed by atoms with Crippen LogP contribution in [0.4, 0.5) is 9.59 Å². The molecule has 0 fully saturated rings. The average Bonchev–Trinajstić information content (AvgIpc) is 2.57. The highest BCUT2D eigenvalue weighted by molar-refractivity contribution is 5.81. The predicted molar refractivity (Wildman–Crippen MR) is 97.5 cm³/mol. The molecule has 1 atom stereocenters. The van der Waals surface area contributed by atoms with Crippen LogP contribution in [-0.2, 0) is 20.9 Å². The summed E-state index contributed by atoms with van der Waals surface area (Å²) in [4.78, 5) is 35.9. The van der Waals surface area contributed by atoms with Crippen LogP contribution < -0.4 is 10.6 Å². The number of hydrogen-bond acceptors (Lipinski definition) is 5. The molecule has 1 aromatic carbocycles. The number of unbranched alkanes of at least 4 members (excludes halogenated alkanes) is 1. The summed E-state index contributed by atoms with van der Waals surface area (Å²) in [5, 5.41) is 4.92. The minimum absolute atomic E-state index is 0.0574. The van der Waals surface area contributed by atoms with Crippen molar-refractivity contribution in [2.45, 2.75) is 64.8 Å². The second kappa shape index (κ2) is 9.79. The third kappa shape index (κ3) is 8.00. The van der Waals surface area contributed by atoms with Crippen LogP contribution in [-0.4, -0.2) is 29.7 Å². The maximum absolute atomic E-state index is 12.1. The largest absolute Gasteiger partial charge is 0.445 e. The Hall–Kier alpha value is -2.57. The lowest BCUT2D eigenvalue weighted by Crippen LogP contribution is -2.62. The highest BCUT2D eigenvalue weighted by Gasteiger charge is 2.35. The van der Waals surface area contributed by atoms with Crippen molar-refractivity contribution < 1.29 is 23.9 Å². The van der Waals surface area contributed by atoms with Crippen molar-refractivity contribution in [1.29, 1.82) is 0 Å². The van der Waals surface area contributed by atoms with Gasteiger partial charge in [0.1, 0.15) is 12.2 Å². The summed E-state index contributed by atoms with van der Waals surface area (Å²) in [6.45, 7) is 7.13. The van der Waals surface area contributed by atoms with Crippen LogP contribution in [0.15, 0.2) is 30.3 Å². The number of alkyl carbamates (subject to hydrolysis) is 2. The third-order valence-electron chi connectivity index (χ3n) is 3.39. The van der Waals surface area contributed by atoms with E-state index in [1.165, 1.54) is 0 Å². The smallest absolute Gasteiger partial charge is 0.409 e. The van der Waals surface area contributed by atoms with Gasteiger partial charge in [0.25, 0.3) is 0 Å². The number of ether oxygens (including phenoxy) is 2. The molecular weight excluding hydrogens is 336 g/mol. The molecule has 144 valence electrons. The number of hydrogen-bond donors (Lipinski definition) is 2. The molecule has 0 radical (unpaired) electrons. The lowest BCUT2D eigenvalue weighted by atomic mass is 10.0. The van der Waals surface area contributed by atoms with Gasteiger partial charge in [-0.25, -0.2) is 9.59 Å². The van der Waals surface area contributed by atoms with Crippen LogP contribution >= 0.6 is 0 Å². The number of carbonyl (C=O) groups excluding carboxylic acids is 3. The molecule has 1 unspecified atom stereocenters. The van der Waals surface area contributed by atoms with Crippen molar-refractivity contribution in [3.8, 4) is 0 Å². The summed E-state index contributed by atoms with van der Waals surface area (Å²) < 4.78 is 10.3. The van der Waals surface area contributed by atoms with E-state index in [0.29, 0.717) is 12.7 Å². The molecule has 1 aromatic rings. The molecule has 0 saturated carbocycles. The van der Waals surface area contributed by atoms with Gasteiger partial charge in [-0.2, -0.15) is 0 Å². The van der Waals surface area contributed by atoms with Gasteiger partial charge in [-0.15, -0.1) is 0 Å². The Labute approximate surface area is 154 Å². The number of carbonyl (C=O) groups is 3. The second-order valence-electron chi connectivity index (χ2n) is 7.01. The van der Waals surface area contributed by atoms with E-state index in [9.17, 15) is 14.4 Å². The van der Waals surface area contributed by atoms with E-state index in [0.717, 1.165) is 12.0 Å². The van der Waals surface area contributed by atoms with E-state index in [1.807, 2.05) is 37.3 Å². The third-order valence-corrected chi connectivity index (χ3v) is 3.39. The second-order valence-corrected chi connectivity index (χ2v) is 7.01. The zero-order valence-corrected chi connectivity index (χ0v) is 15.8. The summed E-state index contributed by atoms with van der Waals surface area (Å²) in [6.07, 6.45) is 0.542. The maximum Gasteiger partial charge on any atom is 0.409 e. The van der Waals surface area contributed by atoms with E-state index >= 15 is 0 Å². The summed E-state index contributed by atoms with van der Waals surface area (Å²) in [6, 6.07) is 9.15. The molecule has 0 spiro atoms. The molecule has 0 heterocycles. The zero-order chi connectivity index (χ0) is 19.6. The van der Waals surface area contributed by atoms with Gasteiger partial charge in [0.15, 0.2) is 11.9 Å². The maximum atomic E-state index is 12.1. The van der Waals surface area contributed by atoms with Crippen molar-refractivity contribution >= 4 is 18.5 Å². The van der Waals surface area contributed by atoms with Crippen molar-refractivity contribution in [2.24, 2.45) is 0 Å². The number of rotatable bonds is 8. The highest BCUT2D eigenvalue weighted by Crippen LogP contribution is 2.13. The van der Waals surface area contributed by atoms with Gasteiger partial charge in [0, 0.05) is 0 Å². The number of benzene rings is 1. The molecule has 0 aliphatic heterocycles. The first-order valence-corrected chi connectivity index (χ1v) is 8.66. The minimum Gasteiger partial charge on any atom is -0.445 e. The number of amides is 2. The fourth-order valence-electron chi connectivity index (χ4n) is 2.16. The summed E-state index contributed by atoms with van der Waals surface area (Å²) in [5.74, 6) is 0. The molecule has 7 heteroatoms. The fourth-order valence-corrected chi connectivity index (χ4v) is 2.16. The summed E-state index contributed by atoms with van der Waals surface area (Å²) >= 11 is 0. The van der Waals surface area contributed by atoms with Gasteiger partial charge in [0.2, 0.25) is 0 Å². The molecule has 0 bridgehead atoms. The minimum atomic E-state index is -1.58. The first kappa shape index (κ1) is 21.5. The van der Waals surface area contributed by atoms with Crippen LogP contribution in [0.25, 0.3) is 0 Å². The van der Waals surface area contributed by atoms with E-state index in [4.69, 9.17) is 9.47 Å². The normalized spacial score (nSPS) is 13.2. The average molecular weight is 364 g/mol. The lowest BCUT2D eigenvalue weighted by molar-refractivity contribution is -0.114. The Morgan fingerprint density at radius 1 is 1.08 bits per heavy atom. The summed E-state index contributed by atoms with van der Waals surface area (Å²) in [7, 11) is 0. The van der Waals surface area contributed by atoms with Crippen molar-refractivity contribution in [3.63, 3.8) is 0 Å². The Morgan fingerprint density at radius 2 is 1.69 bits per heavy atom. The Morgan fingerprint density at radius 3 is 2.23 bits per heavy atom. The zero-order valence-electron chi connectivity index (χ0n) is 15.8. The van der Waals surface area contributed by atoms with Crippen LogP contribution in [0.5, 0.6) is 0 Å². The van der Waals surface area contributed by atoms with Crippen molar-refractivity contribution in [1.82, 2.24) is 10.6 Å². The van der Waals surface area contributed by atoms with E-state index < -0.39 is 23.5 Å². The van der Waals surface area contributed by atoms with E-state index in [1.54, 1.807) is 20.8 Å². The number of nitrogens with one attached hydrogen (secondary N) is 2.